The number of aromatic nitrogens is 2. The highest BCUT2D eigenvalue weighted by molar-refractivity contribution is 5.92. The molecule has 2 aromatic carbocycles. The van der Waals surface area contributed by atoms with E-state index in [1.807, 2.05) is 30.7 Å². The van der Waals surface area contributed by atoms with Crippen LogP contribution in [0.1, 0.15) is 33.6 Å². The van der Waals surface area contributed by atoms with Gasteiger partial charge in [0.1, 0.15) is 0 Å². The number of amides is 1. The number of carbonyl (C=O) groups excluding carboxylic acids is 1. The highest BCUT2D eigenvalue weighted by atomic mass is 16.5. The molecule has 6 nitrogen and oxygen atoms in total. The molecule has 0 saturated carbocycles. The molecule has 34 heavy (non-hydrogen) atoms. The molecule has 4 rings (SSSR count). The van der Waals surface area contributed by atoms with Gasteiger partial charge < -0.3 is 10.1 Å². The van der Waals surface area contributed by atoms with E-state index in [0.29, 0.717) is 19.7 Å². The Labute approximate surface area is 202 Å². The second-order valence-corrected chi connectivity index (χ2v) is 9.02. The Morgan fingerprint density at radius 2 is 1.79 bits per heavy atom. The summed E-state index contributed by atoms with van der Waals surface area (Å²) in [5.41, 5.74) is 6.71. The fourth-order valence-electron chi connectivity index (χ4n) is 4.29. The smallest absolute Gasteiger partial charge is 0.244 e. The molecular formula is C28H34N4O2. The molecule has 1 aliphatic rings. The third kappa shape index (κ3) is 6.43. The Bertz CT molecular complexity index is 1120. The van der Waals surface area contributed by atoms with Crippen LogP contribution in [0.25, 0.3) is 6.08 Å². The van der Waals surface area contributed by atoms with Crippen molar-refractivity contribution < 1.29 is 9.53 Å². The molecule has 6 heteroatoms. The van der Waals surface area contributed by atoms with E-state index in [1.165, 1.54) is 16.7 Å². The summed E-state index contributed by atoms with van der Waals surface area (Å²) in [5.74, 6) is -0.117. The number of aryl methyl sites for hydroxylation is 2. The van der Waals surface area contributed by atoms with Gasteiger partial charge in [0, 0.05) is 43.5 Å². The average Bonchev–Trinajstić information content (AvgIpc) is 3.10. The maximum Gasteiger partial charge on any atom is 0.244 e. The maximum atomic E-state index is 12.5. The zero-order chi connectivity index (χ0) is 23.9. The number of hydrogen-bond donors (Lipinski definition) is 1. The van der Waals surface area contributed by atoms with Gasteiger partial charge in [-0.3, -0.25) is 14.4 Å². The van der Waals surface area contributed by atoms with Crippen LogP contribution in [-0.2, 0) is 22.6 Å². The SMILES string of the molecule is Cc1ccc(Cn2nc(C)c(/C=C/C(=O)NCC3CN(Cc4ccccc4)CCO3)c2C)cc1. The first kappa shape index (κ1) is 23.9. The third-order valence-corrected chi connectivity index (χ3v) is 6.27. The molecule has 0 spiro atoms. The molecule has 3 aromatic rings. The summed E-state index contributed by atoms with van der Waals surface area (Å²) in [6.07, 6.45) is 3.45. The number of rotatable bonds is 8. The molecule has 1 aromatic heterocycles. The molecule has 0 aliphatic carbocycles. The molecule has 1 saturated heterocycles. The molecule has 2 heterocycles. The van der Waals surface area contributed by atoms with E-state index < -0.39 is 0 Å². The number of hydrogen-bond acceptors (Lipinski definition) is 4. The minimum Gasteiger partial charge on any atom is -0.374 e. The van der Waals surface area contributed by atoms with Gasteiger partial charge in [-0.15, -0.1) is 0 Å². The zero-order valence-electron chi connectivity index (χ0n) is 20.3. The van der Waals surface area contributed by atoms with Crippen molar-refractivity contribution in [3.63, 3.8) is 0 Å². The van der Waals surface area contributed by atoms with Crippen LogP contribution < -0.4 is 5.32 Å². The van der Waals surface area contributed by atoms with Gasteiger partial charge in [-0.05, 0) is 38.0 Å². The summed E-state index contributed by atoms with van der Waals surface area (Å²) in [6, 6.07) is 18.9. The summed E-state index contributed by atoms with van der Waals surface area (Å²) in [6.45, 7) is 10.6. The summed E-state index contributed by atoms with van der Waals surface area (Å²) in [5, 5.41) is 7.67. The first-order chi connectivity index (χ1) is 16.5. The molecule has 1 amide bonds. The van der Waals surface area contributed by atoms with E-state index in [0.717, 1.165) is 36.6 Å². The first-order valence-corrected chi connectivity index (χ1v) is 11.9. The molecule has 0 bridgehead atoms. The molecular weight excluding hydrogens is 424 g/mol. The Morgan fingerprint density at radius 1 is 1.06 bits per heavy atom. The predicted octanol–water partition coefficient (Wildman–Crippen LogP) is 3.89. The van der Waals surface area contributed by atoms with Crippen molar-refractivity contribution in [3.8, 4) is 0 Å². The standard InChI is InChI=1S/C28H34N4O2/c1-21-9-11-25(12-10-21)19-32-23(3)27(22(2)30-32)13-14-28(33)29-17-26-20-31(15-16-34-26)18-24-7-5-4-6-8-24/h4-14,26H,15-20H2,1-3H3,(H,29,33)/b14-13+. The van der Waals surface area contributed by atoms with Crippen molar-refractivity contribution in [3.05, 3.63) is 94.3 Å². The molecule has 1 fully saturated rings. The maximum absolute atomic E-state index is 12.5. The van der Waals surface area contributed by atoms with Crippen LogP contribution in [0.2, 0.25) is 0 Å². The van der Waals surface area contributed by atoms with Crippen LogP contribution >= 0.6 is 0 Å². The second kappa shape index (κ2) is 11.3. The number of nitrogens with one attached hydrogen (secondary N) is 1. The fraction of sp³-hybridized carbons (Fsp3) is 0.357. The van der Waals surface area contributed by atoms with Crippen molar-refractivity contribution in [2.75, 3.05) is 26.2 Å². The van der Waals surface area contributed by atoms with Gasteiger partial charge in [-0.2, -0.15) is 5.10 Å². The van der Waals surface area contributed by atoms with Crippen molar-refractivity contribution in [2.45, 2.75) is 40.0 Å². The van der Waals surface area contributed by atoms with Crippen molar-refractivity contribution in [1.82, 2.24) is 20.0 Å². The topological polar surface area (TPSA) is 59.4 Å². The van der Waals surface area contributed by atoms with Gasteiger partial charge in [-0.1, -0.05) is 60.2 Å². The van der Waals surface area contributed by atoms with Crippen LogP contribution in [-0.4, -0.2) is 52.9 Å². The quantitative estimate of drug-likeness (QED) is 0.521. The van der Waals surface area contributed by atoms with E-state index >= 15 is 0 Å². The summed E-state index contributed by atoms with van der Waals surface area (Å²) < 4.78 is 7.87. The highest BCUT2D eigenvalue weighted by Gasteiger charge is 2.20. The summed E-state index contributed by atoms with van der Waals surface area (Å²) in [4.78, 5) is 14.9. The van der Waals surface area contributed by atoms with Crippen LogP contribution in [0.15, 0.2) is 60.7 Å². The summed E-state index contributed by atoms with van der Waals surface area (Å²) in [7, 11) is 0. The minimum atomic E-state index is -0.117. The molecule has 1 unspecified atom stereocenters. The van der Waals surface area contributed by atoms with Crippen molar-refractivity contribution in [2.24, 2.45) is 0 Å². The van der Waals surface area contributed by atoms with Crippen LogP contribution in [0.4, 0.5) is 0 Å². The molecule has 1 N–H and O–H groups in total. The summed E-state index contributed by atoms with van der Waals surface area (Å²) >= 11 is 0. The largest absolute Gasteiger partial charge is 0.374 e. The zero-order valence-corrected chi connectivity index (χ0v) is 20.3. The van der Waals surface area contributed by atoms with Gasteiger partial charge in [0.15, 0.2) is 0 Å². The lowest BCUT2D eigenvalue weighted by molar-refractivity contribution is -0.117. The molecule has 0 radical (unpaired) electrons. The Morgan fingerprint density at radius 3 is 2.56 bits per heavy atom. The molecule has 1 aliphatic heterocycles. The lowest BCUT2D eigenvalue weighted by atomic mass is 10.1. The number of ether oxygens (including phenoxy) is 1. The van der Waals surface area contributed by atoms with Crippen LogP contribution in [0.5, 0.6) is 0 Å². The van der Waals surface area contributed by atoms with Gasteiger partial charge in [-0.25, -0.2) is 0 Å². The van der Waals surface area contributed by atoms with Gasteiger partial charge in [0.05, 0.1) is 24.9 Å². The second-order valence-electron chi connectivity index (χ2n) is 9.02. The number of carbonyl (C=O) groups is 1. The highest BCUT2D eigenvalue weighted by Crippen LogP contribution is 2.17. The minimum absolute atomic E-state index is 0.00413. The Hall–Kier alpha value is -3.22. The van der Waals surface area contributed by atoms with Crippen molar-refractivity contribution >= 4 is 12.0 Å². The first-order valence-electron chi connectivity index (χ1n) is 11.9. The van der Waals surface area contributed by atoms with Crippen molar-refractivity contribution in [1.29, 1.82) is 0 Å². The van der Waals surface area contributed by atoms with Crippen LogP contribution in [0, 0.1) is 20.8 Å². The number of benzene rings is 2. The van der Waals surface area contributed by atoms with E-state index in [-0.39, 0.29) is 12.0 Å². The fourth-order valence-corrected chi connectivity index (χ4v) is 4.29. The monoisotopic (exact) mass is 458 g/mol. The van der Waals surface area contributed by atoms with E-state index in [4.69, 9.17) is 4.74 Å². The van der Waals surface area contributed by atoms with E-state index in [9.17, 15) is 4.79 Å². The Balaban J connectivity index is 1.29. The number of nitrogens with zero attached hydrogens (tertiary/aromatic N) is 3. The average molecular weight is 459 g/mol. The van der Waals surface area contributed by atoms with Gasteiger partial charge in [0.2, 0.25) is 5.91 Å². The van der Waals surface area contributed by atoms with E-state index in [1.54, 1.807) is 6.08 Å². The normalized spacial score (nSPS) is 16.7. The molecule has 178 valence electrons. The lowest BCUT2D eigenvalue weighted by Crippen LogP contribution is -2.46. The third-order valence-electron chi connectivity index (χ3n) is 6.27. The molecule has 1 atom stereocenters. The predicted molar refractivity (Wildman–Crippen MR) is 135 cm³/mol. The van der Waals surface area contributed by atoms with Gasteiger partial charge in [0.25, 0.3) is 0 Å². The lowest BCUT2D eigenvalue weighted by Gasteiger charge is -2.33. The number of morpholine rings is 1. The van der Waals surface area contributed by atoms with Crippen LogP contribution in [0.3, 0.4) is 0 Å². The van der Waals surface area contributed by atoms with E-state index in [2.05, 4.69) is 70.8 Å². The van der Waals surface area contributed by atoms with Gasteiger partial charge >= 0.3 is 0 Å². The Kier molecular flexibility index (Phi) is 7.93.